The van der Waals surface area contributed by atoms with Gasteiger partial charge in [-0.2, -0.15) is 0 Å². The van der Waals surface area contributed by atoms with Gasteiger partial charge in [0.1, 0.15) is 0 Å². The zero-order chi connectivity index (χ0) is 13.4. The molecule has 1 heterocycles. The highest BCUT2D eigenvalue weighted by Crippen LogP contribution is 2.42. The summed E-state index contributed by atoms with van der Waals surface area (Å²) in [6.07, 6.45) is 5.16. The van der Waals surface area contributed by atoms with Crippen molar-refractivity contribution in [2.24, 2.45) is 11.8 Å². The SMILES string of the molecule is C=C(c1ccc(C)cc1CC)C1CCC(C2CN2)C1. The van der Waals surface area contributed by atoms with Crippen molar-refractivity contribution in [1.82, 2.24) is 5.32 Å². The first kappa shape index (κ1) is 12.9. The molecule has 2 fully saturated rings. The highest BCUT2D eigenvalue weighted by molar-refractivity contribution is 5.68. The molecule has 1 saturated carbocycles. The Morgan fingerprint density at radius 3 is 2.84 bits per heavy atom. The monoisotopic (exact) mass is 255 g/mol. The van der Waals surface area contributed by atoms with E-state index in [2.05, 4.69) is 43.9 Å². The number of aryl methyl sites for hydroxylation is 2. The number of hydrogen-bond donors (Lipinski definition) is 1. The van der Waals surface area contributed by atoms with Crippen molar-refractivity contribution in [3.05, 3.63) is 41.5 Å². The molecule has 1 aliphatic heterocycles. The first-order valence-corrected chi connectivity index (χ1v) is 7.71. The molecule has 0 aromatic heterocycles. The van der Waals surface area contributed by atoms with Crippen LogP contribution in [-0.2, 0) is 6.42 Å². The van der Waals surface area contributed by atoms with Crippen LogP contribution in [0.1, 0.15) is 42.9 Å². The van der Waals surface area contributed by atoms with Crippen LogP contribution in [0.25, 0.3) is 5.57 Å². The fourth-order valence-electron chi connectivity index (χ4n) is 3.65. The highest BCUT2D eigenvalue weighted by Gasteiger charge is 2.37. The second-order valence-corrected chi connectivity index (χ2v) is 6.32. The summed E-state index contributed by atoms with van der Waals surface area (Å²) >= 11 is 0. The largest absolute Gasteiger partial charge is 0.311 e. The van der Waals surface area contributed by atoms with E-state index < -0.39 is 0 Å². The van der Waals surface area contributed by atoms with Crippen LogP contribution in [0.5, 0.6) is 0 Å². The molecule has 102 valence electrons. The Hall–Kier alpha value is -1.08. The predicted octanol–water partition coefficient (Wildman–Crippen LogP) is 3.96. The summed E-state index contributed by atoms with van der Waals surface area (Å²) in [7, 11) is 0. The van der Waals surface area contributed by atoms with Crippen molar-refractivity contribution in [3.8, 4) is 0 Å². The summed E-state index contributed by atoms with van der Waals surface area (Å²) in [5, 5.41) is 3.48. The first-order chi connectivity index (χ1) is 9.19. The van der Waals surface area contributed by atoms with E-state index in [1.807, 2.05) is 0 Å². The number of rotatable bonds is 4. The van der Waals surface area contributed by atoms with Gasteiger partial charge in [-0.15, -0.1) is 0 Å². The molecule has 1 saturated heterocycles. The van der Waals surface area contributed by atoms with Gasteiger partial charge >= 0.3 is 0 Å². The van der Waals surface area contributed by atoms with Crippen LogP contribution in [-0.4, -0.2) is 12.6 Å². The number of nitrogens with one attached hydrogen (secondary N) is 1. The van der Waals surface area contributed by atoms with E-state index in [0.29, 0.717) is 5.92 Å². The number of benzene rings is 1. The van der Waals surface area contributed by atoms with Crippen LogP contribution < -0.4 is 5.32 Å². The molecule has 1 heteroatoms. The Bertz CT molecular complexity index is 484. The molecule has 1 aromatic carbocycles. The van der Waals surface area contributed by atoms with Gasteiger partial charge in [-0.3, -0.25) is 0 Å². The summed E-state index contributed by atoms with van der Waals surface area (Å²) in [5.41, 5.74) is 5.64. The third-order valence-electron chi connectivity index (χ3n) is 4.96. The Balaban J connectivity index is 1.76. The molecule has 0 amide bonds. The molecule has 1 N–H and O–H groups in total. The topological polar surface area (TPSA) is 21.9 Å². The van der Waals surface area contributed by atoms with Gasteiger partial charge < -0.3 is 5.32 Å². The van der Waals surface area contributed by atoms with Gasteiger partial charge in [-0.25, -0.2) is 0 Å². The van der Waals surface area contributed by atoms with E-state index in [4.69, 9.17) is 0 Å². The smallest absolute Gasteiger partial charge is 0.0221 e. The zero-order valence-electron chi connectivity index (χ0n) is 12.2. The van der Waals surface area contributed by atoms with Gasteiger partial charge in [0.2, 0.25) is 0 Å². The maximum Gasteiger partial charge on any atom is 0.0221 e. The lowest BCUT2D eigenvalue weighted by Gasteiger charge is -2.18. The van der Waals surface area contributed by atoms with E-state index in [-0.39, 0.29) is 0 Å². The molecule has 0 spiro atoms. The molecule has 3 atom stereocenters. The second kappa shape index (κ2) is 5.13. The number of hydrogen-bond acceptors (Lipinski definition) is 1. The summed E-state index contributed by atoms with van der Waals surface area (Å²) < 4.78 is 0. The van der Waals surface area contributed by atoms with Gasteiger partial charge in [0.05, 0.1) is 0 Å². The first-order valence-electron chi connectivity index (χ1n) is 7.71. The lowest BCUT2D eigenvalue weighted by Crippen LogP contribution is -2.07. The molecule has 1 nitrogen and oxygen atoms in total. The van der Waals surface area contributed by atoms with Crippen molar-refractivity contribution < 1.29 is 0 Å². The van der Waals surface area contributed by atoms with Crippen LogP contribution in [0.4, 0.5) is 0 Å². The Kier molecular flexibility index (Phi) is 3.49. The van der Waals surface area contributed by atoms with E-state index in [1.54, 1.807) is 0 Å². The highest BCUT2D eigenvalue weighted by atomic mass is 15.1. The molecular formula is C18H25N. The molecule has 0 bridgehead atoms. The maximum atomic E-state index is 4.44. The summed E-state index contributed by atoms with van der Waals surface area (Å²) in [5.74, 6) is 1.61. The van der Waals surface area contributed by atoms with Crippen LogP contribution in [0.2, 0.25) is 0 Å². The summed E-state index contributed by atoms with van der Waals surface area (Å²) in [6, 6.07) is 7.67. The molecular weight excluding hydrogens is 230 g/mol. The fourth-order valence-corrected chi connectivity index (χ4v) is 3.65. The minimum absolute atomic E-state index is 0.709. The van der Waals surface area contributed by atoms with Crippen LogP contribution in [0.15, 0.2) is 24.8 Å². The Labute approximate surface area is 117 Å². The van der Waals surface area contributed by atoms with Crippen molar-refractivity contribution in [2.45, 2.75) is 45.6 Å². The quantitative estimate of drug-likeness (QED) is 0.808. The Morgan fingerprint density at radius 2 is 2.16 bits per heavy atom. The standard InChI is InChI=1S/C18H25N/c1-4-14-9-12(2)5-8-17(14)13(3)15-6-7-16(10-15)18-11-19-18/h5,8-9,15-16,18-19H,3-4,6-7,10-11H2,1-2H3. The van der Waals surface area contributed by atoms with Crippen molar-refractivity contribution in [2.75, 3.05) is 6.54 Å². The summed E-state index contributed by atoms with van der Waals surface area (Å²) in [4.78, 5) is 0. The van der Waals surface area contributed by atoms with E-state index in [1.165, 1.54) is 48.1 Å². The van der Waals surface area contributed by atoms with E-state index in [9.17, 15) is 0 Å². The molecule has 0 radical (unpaired) electrons. The minimum Gasteiger partial charge on any atom is -0.311 e. The van der Waals surface area contributed by atoms with Crippen molar-refractivity contribution >= 4 is 5.57 Å². The zero-order valence-corrected chi connectivity index (χ0v) is 12.2. The van der Waals surface area contributed by atoms with Gasteiger partial charge in [0.15, 0.2) is 0 Å². The second-order valence-electron chi connectivity index (χ2n) is 6.32. The van der Waals surface area contributed by atoms with Crippen molar-refractivity contribution in [1.29, 1.82) is 0 Å². The van der Waals surface area contributed by atoms with Crippen LogP contribution in [0, 0.1) is 18.8 Å². The van der Waals surface area contributed by atoms with E-state index >= 15 is 0 Å². The molecule has 3 rings (SSSR count). The lowest BCUT2D eigenvalue weighted by molar-refractivity contribution is 0.524. The average molecular weight is 255 g/mol. The van der Waals surface area contributed by atoms with Crippen molar-refractivity contribution in [3.63, 3.8) is 0 Å². The third-order valence-corrected chi connectivity index (χ3v) is 4.96. The lowest BCUT2D eigenvalue weighted by atomic mass is 9.87. The Morgan fingerprint density at radius 1 is 1.37 bits per heavy atom. The van der Waals surface area contributed by atoms with Gasteiger partial charge in [-0.05, 0) is 61.1 Å². The van der Waals surface area contributed by atoms with Gasteiger partial charge in [0.25, 0.3) is 0 Å². The average Bonchev–Trinajstić information content (AvgIpc) is 3.15. The predicted molar refractivity (Wildman–Crippen MR) is 82.2 cm³/mol. The van der Waals surface area contributed by atoms with E-state index in [0.717, 1.165) is 18.4 Å². The number of allylic oxidation sites excluding steroid dienone is 1. The summed E-state index contributed by atoms with van der Waals surface area (Å²) in [6.45, 7) is 10.1. The molecule has 1 aliphatic carbocycles. The van der Waals surface area contributed by atoms with Gasteiger partial charge in [-0.1, -0.05) is 37.3 Å². The third kappa shape index (κ3) is 2.62. The fraction of sp³-hybridized carbons (Fsp3) is 0.556. The van der Waals surface area contributed by atoms with Gasteiger partial charge in [0, 0.05) is 12.6 Å². The molecule has 3 unspecified atom stereocenters. The maximum absolute atomic E-state index is 4.44. The normalized spacial score (nSPS) is 29.5. The van der Waals surface area contributed by atoms with Crippen LogP contribution >= 0.6 is 0 Å². The molecule has 1 aromatic rings. The van der Waals surface area contributed by atoms with Crippen LogP contribution in [0.3, 0.4) is 0 Å². The minimum atomic E-state index is 0.709. The molecule has 19 heavy (non-hydrogen) atoms. The molecule has 2 aliphatic rings.